The number of nitrogens with one attached hydrogen (secondary N) is 3. The van der Waals surface area contributed by atoms with Crippen molar-refractivity contribution in [1.29, 1.82) is 16.2 Å². The van der Waals surface area contributed by atoms with Crippen LogP contribution in [0.25, 0.3) is 0 Å². The minimum atomic E-state index is -0.0163. The van der Waals surface area contributed by atoms with Crippen LogP contribution in [0, 0.1) is 16.2 Å². The summed E-state index contributed by atoms with van der Waals surface area (Å²) in [5, 5.41) is 22.4. The third kappa shape index (κ3) is 10.3. The zero-order valence-electron chi connectivity index (χ0n) is 22.8. The first kappa shape index (κ1) is 30.0. The molecule has 0 aliphatic heterocycles. The maximum absolute atomic E-state index is 7.74. The molecule has 0 saturated heterocycles. The van der Waals surface area contributed by atoms with Crippen LogP contribution in [0.4, 0.5) is 0 Å². The van der Waals surface area contributed by atoms with Crippen LogP contribution in [-0.4, -0.2) is 44.3 Å². The van der Waals surface area contributed by atoms with Gasteiger partial charge in [0.25, 0.3) is 0 Å². The predicted molar refractivity (Wildman–Crippen MR) is 159 cm³/mol. The summed E-state index contributed by atoms with van der Waals surface area (Å²) in [5.41, 5.74) is 13.3. The van der Waals surface area contributed by atoms with Gasteiger partial charge < -0.3 is 35.8 Å². The van der Waals surface area contributed by atoms with Gasteiger partial charge in [0.15, 0.2) is 11.5 Å². The first-order valence-electron chi connectivity index (χ1n) is 13.5. The van der Waals surface area contributed by atoms with Gasteiger partial charge in [0.2, 0.25) is 0 Å². The van der Waals surface area contributed by atoms with Gasteiger partial charge in [-0.2, -0.15) is 0 Å². The van der Waals surface area contributed by atoms with Crippen LogP contribution in [0.5, 0.6) is 23.0 Å². The molecule has 0 heterocycles. The molecule has 9 heteroatoms. The van der Waals surface area contributed by atoms with E-state index in [4.69, 9.17) is 46.6 Å². The molecular formula is C31H39N5O4. The van der Waals surface area contributed by atoms with E-state index in [0.717, 1.165) is 55.6 Å². The molecule has 0 saturated carbocycles. The van der Waals surface area contributed by atoms with Gasteiger partial charge in [-0.15, -0.1) is 0 Å². The molecule has 0 aliphatic rings. The fraction of sp³-hybridized carbons (Fsp3) is 0.323. The van der Waals surface area contributed by atoms with Crippen LogP contribution in [0.1, 0.15) is 55.2 Å². The molecule has 9 nitrogen and oxygen atoms in total. The normalized spacial score (nSPS) is 10.5. The second-order valence-corrected chi connectivity index (χ2v) is 9.24. The van der Waals surface area contributed by atoms with E-state index in [2.05, 4.69) is 0 Å². The minimum Gasteiger partial charge on any atom is -0.494 e. The summed E-state index contributed by atoms with van der Waals surface area (Å²) < 4.78 is 23.5. The van der Waals surface area contributed by atoms with Gasteiger partial charge in [0.1, 0.15) is 23.2 Å². The number of benzene rings is 3. The number of hydrogen-bond donors (Lipinski definition) is 5. The highest BCUT2D eigenvalue weighted by Crippen LogP contribution is 2.29. The maximum Gasteiger partial charge on any atom is 0.161 e. The van der Waals surface area contributed by atoms with Crippen molar-refractivity contribution in [3.63, 3.8) is 0 Å². The Morgan fingerprint density at radius 1 is 0.550 bits per heavy atom. The van der Waals surface area contributed by atoms with Crippen molar-refractivity contribution in [2.75, 3.05) is 26.4 Å². The average molecular weight is 546 g/mol. The summed E-state index contributed by atoms with van der Waals surface area (Å²) in [7, 11) is 0. The van der Waals surface area contributed by atoms with E-state index in [0.29, 0.717) is 49.1 Å². The molecule has 7 N–H and O–H groups in total. The molecule has 0 unspecified atom stereocenters. The Balaban J connectivity index is 1.33. The van der Waals surface area contributed by atoms with Gasteiger partial charge in [-0.25, -0.2) is 0 Å². The first-order chi connectivity index (χ1) is 19.5. The van der Waals surface area contributed by atoms with E-state index >= 15 is 0 Å². The van der Waals surface area contributed by atoms with E-state index in [-0.39, 0.29) is 11.7 Å². The first-order valence-corrected chi connectivity index (χ1v) is 13.5. The fourth-order valence-electron chi connectivity index (χ4n) is 3.80. The molecule has 0 bridgehead atoms. The number of ether oxygens (including phenoxy) is 4. The van der Waals surface area contributed by atoms with Crippen LogP contribution in [0.2, 0.25) is 0 Å². The summed E-state index contributed by atoms with van der Waals surface area (Å²) in [6, 6.07) is 20.0. The van der Waals surface area contributed by atoms with Crippen molar-refractivity contribution in [3.8, 4) is 23.0 Å². The smallest absolute Gasteiger partial charge is 0.161 e. The van der Waals surface area contributed by atoms with Crippen molar-refractivity contribution in [1.82, 2.24) is 0 Å². The maximum atomic E-state index is 7.74. The highest BCUT2D eigenvalue weighted by atomic mass is 16.5. The number of hydrogen-bond acceptors (Lipinski definition) is 7. The third-order valence-corrected chi connectivity index (χ3v) is 6.10. The Labute approximate surface area is 235 Å². The molecule has 0 aliphatic carbocycles. The molecule has 40 heavy (non-hydrogen) atoms. The summed E-state index contributed by atoms with van der Waals surface area (Å²) >= 11 is 0. The SMILES string of the molecule is N=Cc1ccc(OCCCCCOc2ccc(C(=N)N)cc2OCCCCCOc2ccc(C(=N)N)cc2)cc1. The molecule has 0 aromatic heterocycles. The molecular weight excluding hydrogens is 506 g/mol. The van der Waals surface area contributed by atoms with Crippen molar-refractivity contribution in [3.05, 3.63) is 83.4 Å². The molecule has 0 amide bonds. The Hall–Kier alpha value is -4.53. The Morgan fingerprint density at radius 3 is 1.50 bits per heavy atom. The lowest BCUT2D eigenvalue weighted by molar-refractivity contribution is 0.249. The highest BCUT2D eigenvalue weighted by molar-refractivity contribution is 5.95. The Bertz CT molecular complexity index is 1230. The topological polar surface area (TPSA) is 161 Å². The minimum absolute atomic E-state index is 0.0163. The molecule has 0 radical (unpaired) electrons. The van der Waals surface area contributed by atoms with Crippen LogP contribution in [-0.2, 0) is 0 Å². The van der Waals surface area contributed by atoms with Gasteiger partial charge >= 0.3 is 0 Å². The Kier molecular flexibility index (Phi) is 12.3. The second-order valence-electron chi connectivity index (χ2n) is 9.24. The average Bonchev–Trinajstić information content (AvgIpc) is 2.97. The van der Waals surface area contributed by atoms with Gasteiger partial charge in [-0.3, -0.25) is 10.8 Å². The molecule has 3 aromatic rings. The fourth-order valence-corrected chi connectivity index (χ4v) is 3.80. The molecule has 0 atom stereocenters. The Morgan fingerprint density at radius 2 is 1.00 bits per heavy atom. The van der Waals surface area contributed by atoms with Gasteiger partial charge in [-0.1, -0.05) is 0 Å². The quantitative estimate of drug-likeness (QED) is 0.0758. The third-order valence-electron chi connectivity index (χ3n) is 6.10. The van der Waals surface area contributed by atoms with Crippen molar-refractivity contribution in [2.45, 2.75) is 38.5 Å². The van der Waals surface area contributed by atoms with Gasteiger partial charge in [0.05, 0.1) is 26.4 Å². The van der Waals surface area contributed by atoms with E-state index in [1.54, 1.807) is 30.3 Å². The lowest BCUT2D eigenvalue weighted by Crippen LogP contribution is -2.12. The van der Waals surface area contributed by atoms with E-state index in [1.165, 1.54) is 6.21 Å². The van der Waals surface area contributed by atoms with Crippen LogP contribution in [0.15, 0.2) is 66.7 Å². The van der Waals surface area contributed by atoms with Crippen LogP contribution >= 0.6 is 0 Å². The van der Waals surface area contributed by atoms with E-state index in [9.17, 15) is 0 Å². The summed E-state index contributed by atoms with van der Waals surface area (Å²) in [6.07, 6.45) is 6.73. The number of rotatable bonds is 19. The molecule has 0 fully saturated rings. The zero-order valence-corrected chi connectivity index (χ0v) is 22.8. The van der Waals surface area contributed by atoms with Crippen LogP contribution < -0.4 is 30.4 Å². The zero-order chi connectivity index (χ0) is 28.6. The number of unbranched alkanes of at least 4 members (excludes halogenated alkanes) is 4. The molecule has 0 spiro atoms. The standard InChI is InChI=1S/C31H39N5O4/c32-22-23-7-12-26(13-8-23)37-17-3-1-5-19-39-28-16-11-25(31(35)36)21-29(28)40-20-6-2-4-18-38-27-14-9-24(10-15-27)30(33)34/h7-16,21-22,32H,1-6,17-20H2,(H3,33,34)(H3,35,36). The predicted octanol–water partition coefficient (Wildman–Crippen LogP) is 5.51. The molecule has 3 aromatic carbocycles. The van der Waals surface area contributed by atoms with Crippen molar-refractivity contribution < 1.29 is 18.9 Å². The van der Waals surface area contributed by atoms with E-state index in [1.807, 2.05) is 36.4 Å². The second kappa shape index (κ2) is 16.4. The molecule has 3 rings (SSSR count). The van der Waals surface area contributed by atoms with Crippen LogP contribution in [0.3, 0.4) is 0 Å². The largest absolute Gasteiger partial charge is 0.494 e. The summed E-state index contributed by atoms with van der Waals surface area (Å²) in [6.45, 7) is 2.29. The highest BCUT2D eigenvalue weighted by Gasteiger charge is 2.09. The van der Waals surface area contributed by atoms with E-state index < -0.39 is 0 Å². The number of amidine groups is 2. The van der Waals surface area contributed by atoms with Crippen molar-refractivity contribution in [2.24, 2.45) is 11.5 Å². The molecule has 212 valence electrons. The summed E-state index contributed by atoms with van der Waals surface area (Å²) in [4.78, 5) is 0. The van der Waals surface area contributed by atoms with Crippen molar-refractivity contribution >= 4 is 17.9 Å². The number of nitrogen functional groups attached to an aromatic ring is 2. The van der Waals surface area contributed by atoms with Gasteiger partial charge in [0, 0.05) is 17.3 Å². The monoisotopic (exact) mass is 545 g/mol. The number of nitrogens with two attached hydrogens (primary N) is 2. The summed E-state index contributed by atoms with van der Waals surface area (Å²) in [5.74, 6) is 2.82. The lowest BCUT2D eigenvalue weighted by atomic mass is 10.2. The lowest BCUT2D eigenvalue weighted by Gasteiger charge is -2.14. The van der Waals surface area contributed by atoms with Gasteiger partial charge in [-0.05, 0) is 111 Å².